The van der Waals surface area contributed by atoms with Crippen molar-refractivity contribution < 1.29 is 9.47 Å². The Morgan fingerprint density at radius 1 is 1.47 bits per heavy atom. The molecule has 1 aromatic carbocycles. The maximum absolute atomic E-state index is 6.09. The summed E-state index contributed by atoms with van der Waals surface area (Å²) in [5, 5.41) is 0.625. The summed E-state index contributed by atoms with van der Waals surface area (Å²) in [6.45, 7) is 1.95. The van der Waals surface area contributed by atoms with Crippen LogP contribution in [0.1, 0.15) is 24.8 Å². The van der Waals surface area contributed by atoms with Gasteiger partial charge in [-0.05, 0) is 18.9 Å². The zero-order chi connectivity index (χ0) is 12.1. The lowest BCUT2D eigenvalue weighted by Crippen LogP contribution is -2.12. The largest absolute Gasteiger partial charge is 0.492 e. The number of nitrogens with two attached hydrogens (primary N) is 1. The Balaban J connectivity index is 1.89. The number of halogens is 1. The van der Waals surface area contributed by atoms with Crippen molar-refractivity contribution in [2.24, 2.45) is 5.73 Å². The van der Waals surface area contributed by atoms with Crippen LogP contribution in [0.4, 0.5) is 0 Å². The highest BCUT2D eigenvalue weighted by atomic mass is 35.5. The summed E-state index contributed by atoms with van der Waals surface area (Å²) < 4.78 is 11.3. The number of para-hydroxylation sites is 1. The fourth-order valence-corrected chi connectivity index (χ4v) is 2.29. The highest BCUT2D eigenvalue weighted by molar-refractivity contribution is 6.32. The number of rotatable bonds is 5. The second-order valence-electron chi connectivity index (χ2n) is 4.20. The third-order valence-corrected chi connectivity index (χ3v) is 3.28. The smallest absolute Gasteiger partial charge is 0.142 e. The first-order valence-electron chi connectivity index (χ1n) is 6.03. The van der Waals surface area contributed by atoms with Gasteiger partial charge in [-0.2, -0.15) is 0 Å². The topological polar surface area (TPSA) is 44.5 Å². The molecule has 1 atom stereocenters. The zero-order valence-electron chi connectivity index (χ0n) is 9.82. The van der Waals surface area contributed by atoms with Gasteiger partial charge in [0.25, 0.3) is 0 Å². The minimum absolute atomic E-state index is 0.346. The SMILES string of the molecule is NCc1cccc(Cl)c1OCCC1CCCO1. The normalized spacial score (nSPS) is 19.5. The quantitative estimate of drug-likeness (QED) is 0.880. The second-order valence-corrected chi connectivity index (χ2v) is 4.61. The van der Waals surface area contributed by atoms with Crippen LogP contribution in [-0.4, -0.2) is 19.3 Å². The van der Waals surface area contributed by atoms with Crippen molar-refractivity contribution >= 4 is 11.6 Å². The molecule has 1 aliphatic heterocycles. The summed E-state index contributed by atoms with van der Waals surface area (Å²) >= 11 is 6.09. The number of ether oxygens (including phenoxy) is 2. The van der Waals surface area contributed by atoms with Crippen LogP contribution < -0.4 is 10.5 Å². The van der Waals surface area contributed by atoms with Crippen molar-refractivity contribution in [3.8, 4) is 5.75 Å². The lowest BCUT2D eigenvalue weighted by molar-refractivity contribution is 0.0902. The van der Waals surface area contributed by atoms with Crippen molar-refractivity contribution in [3.05, 3.63) is 28.8 Å². The molecule has 1 fully saturated rings. The Morgan fingerprint density at radius 3 is 3.06 bits per heavy atom. The highest BCUT2D eigenvalue weighted by Gasteiger charge is 2.15. The van der Waals surface area contributed by atoms with E-state index in [2.05, 4.69) is 0 Å². The van der Waals surface area contributed by atoms with Gasteiger partial charge in [-0.25, -0.2) is 0 Å². The van der Waals surface area contributed by atoms with Crippen molar-refractivity contribution in [3.63, 3.8) is 0 Å². The van der Waals surface area contributed by atoms with Gasteiger partial charge in [-0.15, -0.1) is 0 Å². The van der Waals surface area contributed by atoms with Crippen LogP contribution in [0.2, 0.25) is 5.02 Å². The molecule has 0 spiro atoms. The van der Waals surface area contributed by atoms with Gasteiger partial charge >= 0.3 is 0 Å². The van der Waals surface area contributed by atoms with E-state index in [0.717, 1.165) is 37.2 Å². The summed E-state index contributed by atoms with van der Waals surface area (Å²) in [7, 11) is 0. The third-order valence-electron chi connectivity index (χ3n) is 2.98. The molecule has 94 valence electrons. The average molecular weight is 256 g/mol. The van der Waals surface area contributed by atoms with Crippen LogP contribution in [0.25, 0.3) is 0 Å². The van der Waals surface area contributed by atoms with Gasteiger partial charge in [0.2, 0.25) is 0 Å². The molecular weight excluding hydrogens is 238 g/mol. The predicted octanol–water partition coefficient (Wildman–Crippen LogP) is 2.75. The summed E-state index contributed by atoms with van der Waals surface area (Å²) in [6.07, 6.45) is 3.55. The van der Waals surface area contributed by atoms with Gasteiger partial charge in [-0.3, -0.25) is 0 Å². The standard InChI is InChI=1S/C13H18ClNO2/c14-12-5-1-3-10(9-15)13(12)17-8-6-11-4-2-7-16-11/h1,3,5,11H,2,4,6-9,15H2. The molecule has 2 rings (SSSR count). The molecule has 0 amide bonds. The van der Waals surface area contributed by atoms with Gasteiger partial charge in [0.15, 0.2) is 0 Å². The van der Waals surface area contributed by atoms with Crippen LogP contribution in [0.3, 0.4) is 0 Å². The minimum Gasteiger partial charge on any atom is -0.492 e. The van der Waals surface area contributed by atoms with E-state index in [4.69, 9.17) is 26.8 Å². The molecule has 1 aliphatic rings. The Kier molecular flexibility index (Phi) is 4.66. The van der Waals surface area contributed by atoms with E-state index in [1.165, 1.54) is 0 Å². The number of hydrogen-bond acceptors (Lipinski definition) is 3. The molecule has 0 aliphatic carbocycles. The summed E-state index contributed by atoms with van der Waals surface area (Å²) in [5.74, 6) is 0.717. The third kappa shape index (κ3) is 3.35. The molecule has 1 aromatic rings. The Bertz CT molecular complexity index is 364. The van der Waals surface area contributed by atoms with Crippen molar-refractivity contribution in [2.45, 2.75) is 31.9 Å². The van der Waals surface area contributed by atoms with E-state index in [-0.39, 0.29) is 0 Å². The first-order chi connectivity index (χ1) is 8.31. The monoisotopic (exact) mass is 255 g/mol. The van der Waals surface area contributed by atoms with Crippen LogP contribution in [0.15, 0.2) is 18.2 Å². The average Bonchev–Trinajstić information content (AvgIpc) is 2.84. The van der Waals surface area contributed by atoms with E-state index in [1.807, 2.05) is 18.2 Å². The van der Waals surface area contributed by atoms with Gasteiger partial charge in [-0.1, -0.05) is 23.7 Å². The zero-order valence-corrected chi connectivity index (χ0v) is 10.6. The van der Waals surface area contributed by atoms with E-state index < -0.39 is 0 Å². The van der Waals surface area contributed by atoms with E-state index >= 15 is 0 Å². The molecule has 2 N–H and O–H groups in total. The Labute approximate surface area is 107 Å². The number of benzene rings is 1. The minimum atomic E-state index is 0.346. The first kappa shape index (κ1) is 12.7. The van der Waals surface area contributed by atoms with E-state index in [1.54, 1.807) is 0 Å². The Hall–Kier alpha value is -0.770. The maximum atomic E-state index is 6.09. The lowest BCUT2D eigenvalue weighted by Gasteiger charge is -2.14. The van der Waals surface area contributed by atoms with Gasteiger partial charge in [0.1, 0.15) is 5.75 Å². The van der Waals surface area contributed by atoms with Crippen LogP contribution >= 0.6 is 11.6 Å². The lowest BCUT2D eigenvalue weighted by atomic mass is 10.2. The molecule has 1 saturated heterocycles. The van der Waals surface area contributed by atoms with Crippen molar-refractivity contribution in [1.29, 1.82) is 0 Å². The fourth-order valence-electron chi connectivity index (χ4n) is 2.04. The summed E-state index contributed by atoms with van der Waals surface area (Å²) in [6, 6.07) is 5.65. The molecule has 4 heteroatoms. The van der Waals surface area contributed by atoms with Crippen molar-refractivity contribution in [1.82, 2.24) is 0 Å². The molecule has 3 nitrogen and oxygen atoms in total. The van der Waals surface area contributed by atoms with Crippen LogP contribution in [0, 0.1) is 0 Å². The molecule has 0 radical (unpaired) electrons. The fraction of sp³-hybridized carbons (Fsp3) is 0.538. The van der Waals surface area contributed by atoms with E-state index in [9.17, 15) is 0 Å². The van der Waals surface area contributed by atoms with Gasteiger partial charge in [0, 0.05) is 25.1 Å². The van der Waals surface area contributed by atoms with Crippen LogP contribution in [0.5, 0.6) is 5.75 Å². The van der Waals surface area contributed by atoms with Crippen LogP contribution in [-0.2, 0) is 11.3 Å². The molecule has 17 heavy (non-hydrogen) atoms. The summed E-state index contributed by atoms with van der Waals surface area (Å²) in [5.41, 5.74) is 6.60. The molecule has 1 heterocycles. The molecule has 0 bridgehead atoms. The molecule has 0 aromatic heterocycles. The van der Waals surface area contributed by atoms with E-state index in [0.29, 0.717) is 24.3 Å². The van der Waals surface area contributed by atoms with Crippen molar-refractivity contribution in [2.75, 3.05) is 13.2 Å². The molecular formula is C13H18ClNO2. The Morgan fingerprint density at radius 2 is 2.35 bits per heavy atom. The molecule has 0 saturated carbocycles. The highest BCUT2D eigenvalue weighted by Crippen LogP contribution is 2.28. The predicted molar refractivity (Wildman–Crippen MR) is 68.4 cm³/mol. The van der Waals surface area contributed by atoms with Gasteiger partial charge < -0.3 is 15.2 Å². The first-order valence-corrected chi connectivity index (χ1v) is 6.41. The van der Waals surface area contributed by atoms with Gasteiger partial charge in [0.05, 0.1) is 17.7 Å². The molecule has 1 unspecified atom stereocenters. The maximum Gasteiger partial charge on any atom is 0.142 e. The second kappa shape index (κ2) is 6.24. The summed E-state index contributed by atoms with van der Waals surface area (Å²) in [4.78, 5) is 0. The number of hydrogen-bond donors (Lipinski definition) is 1.